The van der Waals surface area contributed by atoms with E-state index in [-0.39, 0.29) is 27.9 Å². The van der Waals surface area contributed by atoms with Gasteiger partial charge in [-0.2, -0.15) is 0 Å². The Morgan fingerprint density at radius 2 is 0.974 bits per heavy atom. The van der Waals surface area contributed by atoms with Gasteiger partial charge in [0.1, 0.15) is 17.3 Å². The van der Waals surface area contributed by atoms with Crippen molar-refractivity contribution in [1.82, 2.24) is 14.1 Å². The van der Waals surface area contributed by atoms with Crippen molar-refractivity contribution in [1.29, 1.82) is 0 Å². The third kappa shape index (κ3) is 7.93. The lowest BCUT2D eigenvalue weighted by atomic mass is 9.95. The van der Waals surface area contributed by atoms with Crippen LogP contribution in [0.1, 0.15) is 13.7 Å². The van der Waals surface area contributed by atoms with Crippen molar-refractivity contribution >= 4 is 61.7 Å². The summed E-state index contributed by atoms with van der Waals surface area (Å²) in [5.74, 6) is 1.80. The van der Waals surface area contributed by atoms with Crippen LogP contribution in [0.15, 0.2) is 303 Å². The first-order chi connectivity index (χ1) is 42.9. The van der Waals surface area contributed by atoms with Crippen molar-refractivity contribution < 1.29 is 23.0 Å². The normalized spacial score (nSPS) is 13.4. The number of aromatic nitrogens is 4. The molecule has 0 amide bonds. The highest BCUT2D eigenvalue weighted by Crippen LogP contribution is 2.39. The van der Waals surface area contributed by atoms with Gasteiger partial charge in [0.15, 0.2) is 8.07 Å². The van der Waals surface area contributed by atoms with Crippen LogP contribution in [0.4, 0.5) is 0 Å². The predicted octanol–water partition coefficient (Wildman–Crippen LogP) is 14.4. The van der Waals surface area contributed by atoms with Crippen molar-refractivity contribution in [3.8, 4) is 62.1 Å². The van der Waals surface area contributed by atoms with Gasteiger partial charge in [-0.25, -0.2) is 4.98 Å². The van der Waals surface area contributed by atoms with Crippen LogP contribution in [0.25, 0.3) is 83.4 Å². The van der Waals surface area contributed by atoms with Crippen molar-refractivity contribution in [2.75, 3.05) is 0 Å². The highest BCUT2D eigenvalue weighted by molar-refractivity contribution is 7.20. The molecule has 78 heavy (non-hydrogen) atoms. The van der Waals surface area contributed by atoms with E-state index in [1.165, 1.54) is 20.7 Å². The molecular weight excluding hydrogens is 965 g/mol. The molecule has 0 aliphatic heterocycles. The van der Waals surface area contributed by atoms with Crippen LogP contribution in [0.5, 0.6) is 11.5 Å². The summed E-state index contributed by atoms with van der Waals surface area (Å²) in [6, 6.07) is 74.5. The summed E-state index contributed by atoms with van der Waals surface area (Å²) in [7, 11) is -3.03. The number of hydrogen-bond acceptors (Lipinski definition) is 2. The van der Waals surface area contributed by atoms with Crippen LogP contribution in [0.2, 0.25) is 0 Å². The molecular formula is C72H50N4OSi. The zero-order chi connectivity index (χ0) is 60.5. The maximum atomic E-state index is 9.12. The molecule has 5 nitrogen and oxygen atoms in total. The van der Waals surface area contributed by atoms with Crippen LogP contribution in [0, 0.1) is 6.33 Å². The Morgan fingerprint density at radius 1 is 0.436 bits per heavy atom. The summed E-state index contributed by atoms with van der Waals surface area (Å²) in [5.41, 5.74) is 5.88. The van der Waals surface area contributed by atoms with E-state index < -0.39 is 68.5 Å². The number of hydrogen-bond donors (Lipinski definition) is 0. The van der Waals surface area contributed by atoms with Crippen LogP contribution in [0.3, 0.4) is 0 Å². The molecule has 14 rings (SSSR count). The molecule has 0 radical (unpaired) electrons. The summed E-state index contributed by atoms with van der Waals surface area (Å²) in [4.78, 5) is 5.27. The number of nitrogens with zero attached hydrogens (tertiary/aromatic N) is 4. The fraction of sp³-hybridized carbons (Fsp3) is 0. The summed E-state index contributed by atoms with van der Waals surface area (Å²) in [6.45, 7) is 0. The minimum Gasteiger partial charge on any atom is -0.458 e. The van der Waals surface area contributed by atoms with E-state index in [0.717, 1.165) is 38.8 Å². The molecule has 0 unspecified atom stereocenters. The summed E-state index contributed by atoms with van der Waals surface area (Å²) < 4.78 is 101. The quantitative estimate of drug-likeness (QED) is 0.0529. The van der Waals surface area contributed by atoms with Gasteiger partial charge in [0.05, 0.1) is 47.1 Å². The molecule has 3 aromatic heterocycles. The van der Waals surface area contributed by atoms with Crippen LogP contribution >= 0.6 is 0 Å². The average molecular weight is 1030 g/mol. The van der Waals surface area contributed by atoms with E-state index in [1.54, 1.807) is 27.3 Å². The van der Waals surface area contributed by atoms with Crippen molar-refractivity contribution in [3.05, 3.63) is 310 Å². The first-order valence-electron chi connectivity index (χ1n) is 30.6. The second-order valence-corrected chi connectivity index (χ2v) is 22.6. The molecule has 0 fully saturated rings. The predicted molar refractivity (Wildman–Crippen MR) is 322 cm³/mol. The molecule has 0 aliphatic carbocycles. The van der Waals surface area contributed by atoms with Gasteiger partial charge >= 0.3 is 0 Å². The van der Waals surface area contributed by atoms with Gasteiger partial charge in [0, 0.05) is 28.6 Å². The zero-order valence-electron chi connectivity index (χ0n) is 51.8. The van der Waals surface area contributed by atoms with Gasteiger partial charge in [-0.15, -0.1) is 0 Å². The molecule has 0 bridgehead atoms. The van der Waals surface area contributed by atoms with E-state index >= 15 is 0 Å². The van der Waals surface area contributed by atoms with Crippen LogP contribution < -0.4 is 30.1 Å². The summed E-state index contributed by atoms with van der Waals surface area (Å²) >= 11 is 0. The molecule has 0 atom stereocenters. The number of pyridine rings is 1. The second-order valence-electron chi connectivity index (χ2n) is 18.9. The maximum absolute atomic E-state index is 9.12. The van der Waals surface area contributed by atoms with Gasteiger partial charge < -0.3 is 4.74 Å². The molecule has 368 valence electrons. The molecule has 14 aromatic rings. The highest BCUT2D eigenvalue weighted by atomic mass is 28.3. The van der Waals surface area contributed by atoms with Gasteiger partial charge in [-0.3, -0.25) is 13.7 Å². The van der Waals surface area contributed by atoms with Crippen molar-refractivity contribution in [3.63, 3.8) is 0 Å². The monoisotopic (exact) mass is 1020 g/mol. The molecule has 0 spiro atoms. The Balaban J connectivity index is 0.916. The molecule has 0 saturated heterocycles. The molecule has 0 aliphatic rings. The number of rotatable bonds is 12. The number of ether oxygens (including phenoxy) is 1. The maximum Gasteiger partial charge on any atom is 0.269 e. The number of imidazole rings is 1. The highest BCUT2D eigenvalue weighted by Gasteiger charge is 2.43. The Bertz CT molecular complexity index is 4860. The van der Waals surface area contributed by atoms with Crippen molar-refractivity contribution in [2.24, 2.45) is 0 Å². The van der Waals surface area contributed by atoms with Crippen LogP contribution in [-0.4, -0.2) is 22.2 Å². The smallest absolute Gasteiger partial charge is 0.269 e. The average Bonchev–Trinajstić information content (AvgIpc) is 1.81. The summed E-state index contributed by atoms with van der Waals surface area (Å²) in [6.07, 6.45) is 5.33. The number of para-hydroxylation sites is 4. The largest absolute Gasteiger partial charge is 0.458 e. The van der Waals surface area contributed by atoms with E-state index in [2.05, 4.69) is 150 Å². The topological polar surface area (TPSA) is 35.9 Å². The standard InChI is InChI=1S/C72H50N4OSi/c1-6-25-52(26-7-1)60-39-23-40-61(53-27-8-2-9-28-53)71(60)75-51-74(67-43-19-20-44-68(67)75)54-29-22-30-55(49-54)77-56-46-47-63-62-37-16-18-42-66(62)76(69(63)50-56)72-65(41-24-48-73-72)64-38-17-21-45-70(64)78(57-31-10-3-11-32-57,58-33-12-4-13-34-58)59-35-14-5-15-36-59/h1-50H/i1D,2D,6D,7D,8D,9D,25D,26D,27D,28D. The Kier molecular flexibility index (Phi) is 9.35. The van der Waals surface area contributed by atoms with E-state index in [9.17, 15) is 0 Å². The minimum absolute atomic E-state index is 0.138. The minimum atomic E-state index is -3.03. The first-order valence-corrected chi connectivity index (χ1v) is 27.6. The lowest BCUT2D eigenvalue weighted by molar-refractivity contribution is -0.571. The third-order valence-corrected chi connectivity index (χ3v) is 19.4. The van der Waals surface area contributed by atoms with Gasteiger partial charge in [-0.05, 0) is 97.1 Å². The van der Waals surface area contributed by atoms with Crippen molar-refractivity contribution in [2.45, 2.75) is 0 Å². The van der Waals surface area contributed by atoms with Gasteiger partial charge in [-0.1, -0.05) is 242 Å². The first kappa shape index (κ1) is 36.7. The lowest BCUT2D eigenvalue weighted by Crippen LogP contribution is -2.75. The third-order valence-electron chi connectivity index (χ3n) is 14.6. The fourth-order valence-corrected chi connectivity index (χ4v) is 16.3. The van der Waals surface area contributed by atoms with E-state index in [4.69, 9.17) is 23.4 Å². The van der Waals surface area contributed by atoms with Crippen LogP contribution in [-0.2, 0) is 0 Å². The Morgan fingerprint density at radius 3 is 1.65 bits per heavy atom. The SMILES string of the molecule is [2H]c1c([2H])c([2H])c(-c2cccc(-c3c([2H])c([2H])c([2H])c([2H])c3[2H])c2-[n+]2[c-]n(-c3cccc(Oc4ccc5c6ccccc6n(-c6ncccc6-c6ccccc6[Si](c6ccccc6)(c6ccccc6)c6ccccc6)c5c4)c3)c3ccccc32)c([2H])c1[2H]. The molecule has 3 heterocycles. The number of benzene rings is 11. The molecule has 0 saturated carbocycles. The lowest BCUT2D eigenvalue weighted by Gasteiger charge is -2.36. The Hall–Kier alpha value is -10.1. The van der Waals surface area contributed by atoms with Gasteiger partial charge in [0.2, 0.25) is 0 Å². The number of fused-ring (bicyclic) bond motifs is 4. The van der Waals surface area contributed by atoms with E-state index in [1.807, 2.05) is 85.1 Å². The zero-order valence-corrected chi connectivity index (χ0v) is 42.8. The fourth-order valence-electron chi connectivity index (χ4n) is 11.3. The molecule has 6 heteroatoms. The summed E-state index contributed by atoms with van der Waals surface area (Å²) in [5, 5.41) is 7.05. The van der Waals surface area contributed by atoms with Gasteiger partial charge in [0.25, 0.3) is 6.33 Å². The Labute approximate surface area is 468 Å². The molecule has 0 N–H and O–H groups in total. The second kappa shape index (κ2) is 19.9. The van der Waals surface area contributed by atoms with E-state index in [0.29, 0.717) is 28.2 Å². The molecule has 11 aromatic carbocycles.